The lowest BCUT2D eigenvalue weighted by atomic mass is 9.60. The van der Waals surface area contributed by atoms with Crippen molar-refractivity contribution in [3.8, 4) is 0 Å². The van der Waals surface area contributed by atoms with E-state index in [1.54, 1.807) is 0 Å². The van der Waals surface area contributed by atoms with Crippen LogP contribution in [-0.2, 0) is 0 Å². The van der Waals surface area contributed by atoms with Gasteiger partial charge in [-0.2, -0.15) is 0 Å². The third-order valence-corrected chi connectivity index (χ3v) is 3.79. The summed E-state index contributed by atoms with van der Waals surface area (Å²) in [5, 5.41) is 3.35. The second-order valence-electron chi connectivity index (χ2n) is 4.94. The minimum absolute atomic E-state index is 0.616. The number of hydrogen-bond acceptors (Lipinski definition) is 3. The molecule has 0 unspecified atom stereocenters. The van der Waals surface area contributed by atoms with E-state index >= 15 is 0 Å². The van der Waals surface area contributed by atoms with Crippen LogP contribution in [0.5, 0.6) is 0 Å². The van der Waals surface area contributed by atoms with Crippen LogP contribution in [0.1, 0.15) is 12.8 Å². The second kappa shape index (κ2) is 3.20. The Hall–Kier alpha value is -1.09. The number of nitrogens with one attached hydrogen (secondary N) is 1. The Kier molecular flexibility index (Phi) is 1.96. The highest BCUT2D eigenvalue weighted by Gasteiger charge is 2.52. The summed E-state index contributed by atoms with van der Waals surface area (Å²) in [4.78, 5) is 6.76. The molecule has 1 spiro atoms. The Labute approximate surface area is 90.5 Å². The predicted octanol–water partition coefficient (Wildman–Crippen LogP) is 1.27. The maximum absolute atomic E-state index is 4.37. The van der Waals surface area contributed by atoms with Gasteiger partial charge in [-0.05, 0) is 32.0 Å². The van der Waals surface area contributed by atoms with Crippen LogP contribution in [0.15, 0.2) is 24.4 Å². The van der Waals surface area contributed by atoms with E-state index in [1.165, 1.54) is 25.9 Å². The lowest BCUT2D eigenvalue weighted by Crippen LogP contribution is -2.66. The maximum atomic E-state index is 4.37. The van der Waals surface area contributed by atoms with Crippen molar-refractivity contribution in [2.24, 2.45) is 5.41 Å². The van der Waals surface area contributed by atoms with Crippen LogP contribution in [0.3, 0.4) is 0 Å². The summed E-state index contributed by atoms with van der Waals surface area (Å²) in [7, 11) is 2.06. The van der Waals surface area contributed by atoms with Crippen LogP contribution in [-0.4, -0.2) is 31.2 Å². The van der Waals surface area contributed by atoms with Crippen molar-refractivity contribution >= 4 is 5.82 Å². The van der Waals surface area contributed by atoms with E-state index in [4.69, 9.17) is 0 Å². The van der Waals surface area contributed by atoms with E-state index in [9.17, 15) is 0 Å². The zero-order chi connectivity index (χ0) is 10.3. The first-order valence-corrected chi connectivity index (χ1v) is 5.65. The summed E-state index contributed by atoms with van der Waals surface area (Å²) < 4.78 is 0. The first kappa shape index (κ1) is 9.16. The second-order valence-corrected chi connectivity index (χ2v) is 4.94. The number of rotatable bonds is 2. The Morgan fingerprint density at radius 3 is 2.80 bits per heavy atom. The van der Waals surface area contributed by atoms with Crippen LogP contribution < -0.4 is 10.2 Å². The van der Waals surface area contributed by atoms with Crippen LogP contribution in [0, 0.1) is 5.41 Å². The molecule has 3 heteroatoms. The molecule has 1 saturated heterocycles. The molecule has 0 atom stereocenters. The number of hydrogen-bond donors (Lipinski definition) is 1. The molecular formula is C12H17N3. The fraction of sp³-hybridized carbons (Fsp3) is 0.583. The highest BCUT2D eigenvalue weighted by atomic mass is 15.3. The van der Waals surface area contributed by atoms with Gasteiger partial charge in [0.15, 0.2) is 0 Å². The molecule has 2 heterocycles. The van der Waals surface area contributed by atoms with Crippen molar-refractivity contribution < 1.29 is 0 Å². The molecule has 0 amide bonds. The van der Waals surface area contributed by atoms with Gasteiger partial charge < -0.3 is 10.2 Å². The average molecular weight is 203 g/mol. The first-order chi connectivity index (χ1) is 7.31. The van der Waals surface area contributed by atoms with Crippen LogP contribution in [0.25, 0.3) is 0 Å². The third kappa shape index (κ3) is 1.42. The van der Waals surface area contributed by atoms with Gasteiger partial charge in [0.25, 0.3) is 0 Å². The molecule has 3 nitrogen and oxygen atoms in total. The van der Waals surface area contributed by atoms with Gasteiger partial charge in [-0.3, -0.25) is 0 Å². The average Bonchev–Trinajstić information content (AvgIpc) is 2.16. The van der Waals surface area contributed by atoms with Crippen molar-refractivity contribution in [1.82, 2.24) is 10.3 Å². The van der Waals surface area contributed by atoms with Crippen LogP contribution in [0.2, 0.25) is 0 Å². The SMILES string of the molecule is CNC1CC2(C1)CN(c1ccccn1)C2. The van der Waals surface area contributed by atoms with Crippen molar-refractivity contribution in [2.75, 3.05) is 25.0 Å². The Morgan fingerprint density at radius 1 is 1.40 bits per heavy atom. The Morgan fingerprint density at radius 2 is 2.20 bits per heavy atom. The summed E-state index contributed by atoms with van der Waals surface area (Å²) >= 11 is 0. The Balaban J connectivity index is 1.59. The number of anilines is 1. The minimum atomic E-state index is 0.616. The maximum Gasteiger partial charge on any atom is 0.128 e. The largest absolute Gasteiger partial charge is 0.355 e. The lowest BCUT2D eigenvalue weighted by Gasteiger charge is -2.59. The van der Waals surface area contributed by atoms with Crippen molar-refractivity contribution in [3.05, 3.63) is 24.4 Å². The molecule has 15 heavy (non-hydrogen) atoms. The molecule has 3 rings (SSSR count). The fourth-order valence-corrected chi connectivity index (χ4v) is 2.91. The molecular weight excluding hydrogens is 186 g/mol. The number of nitrogens with zero attached hydrogens (tertiary/aromatic N) is 2. The molecule has 1 aromatic heterocycles. The Bertz CT molecular complexity index is 335. The minimum Gasteiger partial charge on any atom is -0.355 e. The van der Waals surface area contributed by atoms with Gasteiger partial charge in [0.05, 0.1) is 0 Å². The van der Waals surface area contributed by atoms with Gasteiger partial charge in [0.1, 0.15) is 5.82 Å². The molecule has 2 aliphatic rings. The predicted molar refractivity (Wildman–Crippen MR) is 61.0 cm³/mol. The molecule has 1 aliphatic heterocycles. The van der Waals surface area contributed by atoms with Gasteiger partial charge in [0.2, 0.25) is 0 Å². The van der Waals surface area contributed by atoms with Crippen molar-refractivity contribution in [2.45, 2.75) is 18.9 Å². The van der Waals surface area contributed by atoms with Crippen molar-refractivity contribution in [3.63, 3.8) is 0 Å². The quantitative estimate of drug-likeness (QED) is 0.784. The molecule has 80 valence electrons. The summed E-state index contributed by atoms with van der Waals surface area (Å²) in [6.07, 6.45) is 4.55. The van der Waals surface area contributed by atoms with E-state index < -0.39 is 0 Å². The number of aromatic nitrogens is 1. The molecule has 1 N–H and O–H groups in total. The lowest BCUT2D eigenvalue weighted by molar-refractivity contribution is 0.0516. The summed E-state index contributed by atoms with van der Waals surface area (Å²) in [5.74, 6) is 1.14. The van der Waals surface area contributed by atoms with Crippen LogP contribution >= 0.6 is 0 Å². The third-order valence-electron chi connectivity index (χ3n) is 3.79. The smallest absolute Gasteiger partial charge is 0.128 e. The zero-order valence-electron chi connectivity index (χ0n) is 9.11. The van der Waals surface area contributed by atoms with Gasteiger partial charge in [-0.15, -0.1) is 0 Å². The molecule has 1 aromatic rings. The van der Waals surface area contributed by atoms with Gasteiger partial charge >= 0.3 is 0 Å². The molecule has 2 fully saturated rings. The normalized spacial score (nSPS) is 23.7. The van der Waals surface area contributed by atoms with Crippen molar-refractivity contribution in [1.29, 1.82) is 0 Å². The fourth-order valence-electron chi connectivity index (χ4n) is 2.91. The molecule has 1 saturated carbocycles. The van der Waals surface area contributed by atoms with E-state index in [0.717, 1.165) is 11.9 Å². The topological polar surface area (TPSA) is 28.2 Å². The van der Waals surface area contributed by atoms with E-state index in [-0.39, 0.29) is 0 Å². The van der Waals surface area contributed by atoms with Gasteiger partial charge in [-0.25, -0.2) is 4.98 Å². The zero-order valence-corrected chi connectivity index (χ0v) is 9.11. The van der Waals surface area contributed by atoms with Crippen LogP contribution in [0.4, 0.5) is 5.82 Å². The van der Waals surface area contributed by atoms with E-state index in [2.05, 4.69) is 34.4 Å². The standard InChI is InChI=1S/C12H17N3/c1-13-10-6-12(7-10)8-15(9-12)11-4-2-3-5-14-11/h2-5,10,13H,6-9H2,1H3. The molecule has 0 aromatic carbocycles. The van der Waals surface area contributed by atoms with Gasteiger partial charge in [0, 0.05) is 30.7 Å². The molecule has 0 radical (unpaired) electrons. The summed E-state index contributed by atoms with van der Waals surface area (Å²) in [6, 6.07) is 6.89. The first-order valence-electron chi connectivity index (χ1n) is 5.65. The highest BCUT2D eigenvalue weighted by Crippen LogP contribution is 2.49. The summed E-state index contributed by atoms with van der Waals surface area (Å²) in [6.45, 7) is 2.39. The molecule has 0 bridgehead atoms. The monoisotopic (exact) mass is 203 g/mol. The number of pyridine rings is 1. The van der Waals surface area contributed by atoms with Gasteiger partial charge in [-0.1, -0.05) is 6.07 Å². The highest BCUT2D eigenvalue weighted by molar-refractivity contribution is 5.43. The summed E-state index contributed by atoms with van der Waals surface area (Å²) in [5.41, 5.74) is 0.616. The van der Waals surface area contributed by atoms with E-state index in [1.807, 2.05) is 12.3 Å². The molecule has 1 aliphatic carbocycles. The van der Waals surface area contributed by atoms with E-state index in [0.29, 0.717) is 5.41 Å².